The van der Waals surface area contributed by atoms with Crippen LogP contribution in [0.4, 0.5) is 10.1 Å². The summed E-state index contributed by atoms with van der Waals surface area (Å²) in [5.41, 5.74) is 1.13. The second-order valence-corrected chi connectivity index (χ2v) is 5.25. The van der Waals surface area contributed by atoms with Gasteiger partial charge in [-0.3, -0.25) is 9.59 Å². The van der Waals surface area contributed by atoms with E-state index in [4.69, 9.17) is 0 Å². The summed E-state index contributed by atoms with van der Waals surface area (Å²) in [7, 11) is 1.65. The maximum absolute atomic E-state index is 13.7. The van der Waals surface area contributed by atoms with Crippen LogP contribution < -0.4 is 4.90 Å². The van der Waals surface area contributed by atoms with E-state index in [-0.39, 0.29) is 30.7 Å². The summed E-state index contributed by atoms with van der Waals surface area (Å²) in [5.74, 6) is -0.895. The topological polar surface area (TPSA) is 40.6 Å². The fraction of sp³-hybridized carbons (Fsp3) is 0.222. The lowest BCUT2D eigenvalue weighted by atomic mass is 10.2. The standard InChI is InChI=1S/C18H19FN2O2/c1-14(22)21(12-15-8-6-7-11-17(15)19)13-18(23)20(2)16-9-4-3-5-10-16/h3-11H,12-13H2,1-2H3. The molecule has 0 radical (unpaired) electrons. The van der Waals surface area contributed by atoms with E-state index < -0.39 is 0 Å². The summed E-state index contributed by atoms with van der Waals surface area (Å²) in [4.78, 5) is 27.0. The molecule has 2 aromatic carbocycles. The van der Waals surface area contributed by atoms with Gasteiger partial charge in [-0.15, -0.1) is 0 Å². The third-order valence-electron chi connectivity index (χ3n) is 3.61. The molecule has 0 saturated carbocycles. The third kappa shape index (κ3) is 4.39. The average Bonchev–Trinajstić information content (AvgIpc) is 2.56. The Morgan fingerprint density at radius 3 is 2.22 bits per heavy atom. The molecule has 0 heterocycles. The number of nitrogens with zero attached hydrogens (tertiary/aromatic N) is 2. The van der Waals surface area contributed by atoms with Crippen LogP contribution >= 0.6 is 0 Å². The smallest absolute Gasteiger partial charge is 0.246 e. The number of hydrogen-bond donors (Lipinski definition) is 0. The van der Waals surface area contributed by atoms with E-state index in [1.807, 2.05) is 30.3 Å². The van der Waals surface area contributed by atoms with Gasteiger partial charge in [0.2, 0.25) is 11.8 Å². The Labute approximate surface area is 135 Å². The van der Waals surface area contributed by atoms with E-state index in [9.17, 15) is 14.0 Å². The first-order valence-corrected chi connectivity index (χ1v) is 7.29. The molecule has 120 valence electrons. The molecule has 0 unspecified atom stereocenters. The van der Waals surface area contributed by atoms with Crippen molar-refractivity contribution in [3.63, 3.8) is 0 Å². The molecule has 2 aromatic rings. The first-order valence-electron chi connectivity index (χ1n) is 7.29. The van der Waals surface area contributed by atoms with Gasteiger partial charge in [-0.25, -0.2) is 4.39 Å². The summed E-state index contributed by atoms with van der Waals surface area (Å²) < 4.78 is 13.7. The van der Waals surface area contributed by atoms with Gasteiger partial charge in [0, 0.05) is 31.8 Å². The number of carbonyl (C=O) groups is 2. The van der Waals surface area contributed by atoms with Crippen molar-refractivity contribution in [3.8, 4) is 0 Å². The average molecular weight is 314 g/mol. The van der Waals surface area contributed by atoms with Gasteiger partial charge >= 0.3 is 0 Å². The van der Waals surface area contributed by atoms with E-state index in [1.54, 1.807) is 25.2 Å². The molecule has 0 atom stereocenters. The van der Waals surface area contributed by atoms with Crippen molar-refractivity contribution in [2.24, 2.45) is 0 Å². The highest BCUT2D eigenvalue weighted by Crippen LogP contribution is 2.13. The quantitative estimate of drug-likeness (QED) is 0.851. The lowest BCUT2D eigenvalue weighted by Crippen LogP contribution is -2.40. The molecule has 0 aliphatic rings. The van der Waals surface area contributed by atoms with Crippen LogP contribution in [0.2, 0.25) is 0 Å². The first-order chi connectivity index (χ1) is 11.0. The molecule has 0 fully saturated rings. The number of anilines is 1. The highest BCUT2D eigenvalue weighted by atomic mass is 19.1. The first kappa shape index (κ1) is 16.7. The van der Waals surface area contributed by atoms with Gasteiger partial charge in [-0.1, -0.05) is 36.4 Å². The van der Waals surface area contributed by atoms with Crippen molar-refractivity contribution in [1.82, 2.24) is 4.90 Å². The van der Waals surface area contributed by atoms with Crippen LogP contribution in [-0.2, 0) is 16.1 Å². The zero-order valence-corrected chi connectivity index (χ0v) is 13.2. The number of likely N-dealkylation sites (N-methyl/N-ethyl adjacent to an activating group) is 1. The molecule has 0 spiro atoms. The Kier molecular flexibility index (Phi) is 5.46. The normalized spacial score (nSPS) is 10.2. The van der Waals surface area contributed by atoms with Gasteiger partial charge in [0.1, 0.15) is 12.4 Å². The third-order valence-corrected chi connectivity index (χ3v) is 3.61. The van der Waals surface area contributed by atoms with Crippen molar-refractivity contribution in [3.05, 3.63) is 66.0 Å². The van der Waals surface area contributed by atoms with E-state index in [0.29, 0.717) is 5.56 Å². The fourth-order valence-corrected chi connectivity index (χ4v) is 2.18. The van der Waals surface area contributed by atoms with Crippen molar-refractivity contribution in [1.29, 1.82) is 0 Å². The molecular formula is C18H19FN2O2. The Balaban J connectivity index is 2.09. The summed E-state index contributed by atoms with van der Waals surface area (Å²) >= 11 is 0. The second kappa shape index (κ2) is 7.54. The number of rotatable bonds is 5. The summed E-state index contributed by atoms with van der Waals surface area (Å²) in [5, 5.41) is 0. The fourth-order valence-electron chi connectivity index (χ4n) is 2.18. The van der Waals surface area contributed by atoms with E-state index in [2.05, 4.69) is 0 Å². The Bertz CT molecular complexity index is 688. The van der Waals surface area contributed by atoms with Gasteiger partial charge in [-0.2, -0.15) is 0 Å². The lowest BCUT2D eigenvalue weighted by molar-refractivity contribution is -0.134. The van der Waals surface area contributed by atoms with Crippen LogP contribution in [0.5, 0.6) is 0 Å². The number of hydrogen-bond acceptors (Lipinski definition) is 2. The minimum Gasteiger partial charge on any atom is -0.329 e. The molecule has 0 aromatic heterocycles. The van der Waals surface area contributed by atoms with E-state index in [0.717, 1.165) is 5.69 Å². The molecule has 2 rings (SSSR count). The summed E-state index contributed by atoms with van der Waals surface area (Å²) in [6, 6.07) is 15.4. The largest absolute Gasteiger partial charge is 0.329 e. The number of para-hydroxylation sites is 1. The van der Waals surface area contributed by atoms with E-state index >= 15 is 0 Å². The van der Waals surface area contributed by atoms with E-state index in [1.165, 1.54) is 22.8 Å². The molecule has 4 nitrogen and oxygen atoms in total. The van der Waals surface area contributed by atoms with Gasteiger partial charge in [0.05, 0.1) is 0 Å². The Hall–Kier alpha value is -2.69. The van der Waals surface area contributed by atoms with Crippen LogP contribution in [0.25, 0.3) is 0 Å². The predicted octanol–water partition coefficient (Wildman–Crippen LogP) is 2.84. The molecule has 2 amide bonds. The zero-order valence-electron chi connectivity index (χ0n) is 13.2. The molecule has 5 heteroatoms. The molecule has 0 aliphatic heterocycles. The monoisotopic (exact) mass is 314 g/mol. The lowest BCUT2D eigenvalue weighted by Gasteiger charge is -2.24. The molecule has 0 aliphatic carbocycles. The molecule has 0 N–H and O–H groups in total. The van der Waals surface area contributed by atoms with Crippen molar-refractivity contribution in [2.75, 3.05) is 18.5 Å². The van der Waals surface area contributed by atoms with Gasteiger partial charge < -0.3 is 9.80 Å². The molecular weight excluding hydrogens is 295 g/mol. The highest BCUT2D eigenvalue weighted by Gasteiger charge is 2.19. The minimum atomic E-state index is -0.386. The predicted molar refractivity (Wildman–Crippen MR) is 87.3 cm³/mol. The summed E-state index contributed by atoms with van der Waals surface area (Å²) in [6.45, 7) is 1.34. The molecule has 0 saturated heterocycles. The van der Waals surface area contributed by atoms with Crippen molar-refractivity contribution < 1.29 is 14.0 Å². The van der Waals surface area contributed by atoms with Gasteiger partial charge in [0.25, 0.3) is 0 Å². The Morgan fingerprint density at radius 1 is 1.00 bits per heavy atom. The molecule has 0 bridgehead atoms. The Morgan fingerprint density at radius 2 is 1.61 bits per heavy atom. The van der Waals surface area contributed by atoms with Crippen LogP contribution in [0.3, 0.4) is 0 Å². The van der Waals surface area contributed by atoms with Crippen molar-refractivity contribution >= 4 is 17.5 Å². The van der Waals surface area contributed by atoms with Gasteiger partial charge in [-0.05, 0) is 18.2 Å². The van der Waals surface area contributed by atoms with Crippen molar-refractivity contribution in [2.45, 2.75) is 13.5 Å². The SMILES string of the molecule is CC(=O)N(CC(=O)N(C)c1ccccc1)Cc1ccccc1F. The molecule has 23 heavy (non-hydrogen) atoms. The zero-order chi connectivity index (χ0) is 16.8. The van der Waals surface area contributed by atoms with Crippen LogP contribution in [0.1, 0.15) is 12.5 Å². The number of amides is 2. The maximum Gasteiger partial charge on any atom is 0.246 e. The highest BCUT2D eigenvalue weighted by molar-refractivity contribution is 5.96. The summed E-state index contributed by atoms with van der Waals surface area (Å²) in [6.07, 6.45) is 0. The van der Waals surface area contributed by atoms with Crippen LogP contribution in [-0.4, -0.2) is 30.3 Å². The maximum atomic E-state index is 13.7. The number of carbonyl (C=O) groups excluding carboxylic acids is 2. The number of halogens is 1. The second-order valence-electron chi connectivity index (χ2n) is 5.25. The minimum absolute atomic E-state index is 0.0658. The number of benzene rings is 2. The van der Waals surface area contributed by atoms with Gasteiger partial charge in [0.15, 0.2) is 0 Å². The van der Waals surface area contributed by atoms with Crippen LogP contribution in [0, 0.1) is 5.82 Å². The van der Waals surface area contributed by atoms with Crippen LogP contribution in [0.15, 0.2) is 54.6 Å².